The smallest absolute Gasteiger partial charge is 0.131 e. The molecule has 0 saturated heterocycles. The number of fused-ring (bicyclic) bond motifs is 3. The molecule has 0 atom stereocenters. The molecule has 2 heterocycles. The first-order chi connectivity index (χ1) is 9.56. The van der Waals surface area contributed by atoms with Crippen LogP contribution in [0.4, 0.5) is 0 Å². The Morgan fingerprint density at radius 1 is 1.35 bits per heavy atom. The molecule has 0 amide bonds. The van der Waals surface area contributed by atoms with Crippen LogP contribution in [0, 0.1) is 6.92 Å². The molecule has 3 rings (SSSR count). The molecule has 0 bridgehead atoms. The van der Waals surface area contributed by atoms with Crippen molar-refractivity contribution < 1.29 is 4.79 Å². The molecule has 106 valence electrons. The summed E-state index contributed by atoms with van der Waals surface area (Å²) in [7, 11) is 2.18. The number of Topliss-reactive ketones (excluding diaryl/α,β-unsaturated/α-hetero) is 1. The molecule has 0 unspecified atom stereocenters. The number of likely N-dealkylation sites (N-methyl/N-ethyl adjacent to an activating group) is 1. The van der Waals surface area contributed by atoms with Gasteiger partial charge in [0.2, 0.25) is 0 Å². The lowest BCUT2D eigenvalue weighted by Crippen LogP contribution is -2.27. The number of nitrogens with zero attached hydrogens (tertiary/aromatic N) is 2. The van der Waals surface area contributed by atoms with E-state index >= 15 is 0 Å². The van der Waals surface area contributed by atoms with Gasteiger partial charge in [0.15, 0.2) is 0 Å². The van der Waals surface area contributed by atoms with Gasteiger partial charge in [-0.2, -0.15) is 0 Å². The molecular weight excluding hydrogens is 248 g/mol. The summed E-state index contributed by atoms with van der Waals surface area (Å²) in [5.41, 5.74) is 5.49. The monoisotopic (exact) mass is 270 g/mol. The zero-order valence-corrected chi connectivity index (χ0v) is 12.6. The number of hydrogen-bond acceptors (Lipinski definition) is 2. The van der Waals surface area contributed by atoms with Crippen molar-refractivity contribution in [3.8, 4) is 0 Å². The summed E-state index contributed by atoms with van der Waals surface area (Å²) in [5, 5.41) is 1.37. The molecule has 0 aliphatic carbocycles. The van der Waals surface area contributed by atoms with Gasteiger partial charge in [-0.1, -0.05) is 11.6 Å². The van der Waals surface area contributed by atoms with E-state index in [1.807, 2.05) is 0 Å². The van der Waals surface area contributed by atoms with Crippen molar-refractivity contribution in [3.63, 3.8) is 0 Å². The van der Waals surface area contributed by atoms with Crippen molar-refractivity contribution in [2.45, 2.75) is 39.8 Å². The Labute approximate surface area is 120 Å². The van der Waals surface area contributed by atoms with Crippen LogP contribution in [0.25, 0.3) is 10.9 Å². The van der Waals surface area contributed by atoms with Gasteiger partial charge < -0.3 is 9.47 Å². The van der Waals surface area contributed by atoms with E-state index in [-0.39, 0.29) is 5.78 Å². The number of benzene rings is 1. The average Bonchev–Trinajstić information content (AvgIpc) is 2.69. The van der Waals surface area contributed by atoms with Gasteiger partial charge >= 0.3 is 0 Å². The highest BCUT2D eigenvalue weighted by atomic mass is 16.1. The third-order valence-corrected chi connectivity index (χ3v) is 4.29. The number of carbonyl (C=O) groups is 1. The maximum Gasteiger partial charge on any atom is 0.131 e. The van der Waals surface area contributed by atoms with Gasteiger partial charge in [0.25, 0.3) is 0 Å². The molecule has 0 radical (unpaired) electrons. The van der Waals surface area contributed by atoms with E-state index in [9.17, 15) is 4.79 Å². The van der Waals surface area contributed by atoms with Crippen molar-refractivity contribution >= 4 is 16.7 Å². The molecule has 20 heavy (non-hydrogen) atoms. The van der Waals surface area contributed by atoms with Crippen LogP contribution >= 0.6 is 0 Å². The fourth-order valence-electron chi connectivity index (χ4n) is 3.22. The van der Waals surface area contributed by atoms with Crippen molar-refractivity contribution in [1.29, 1.82) is 0 Å². The molecule has 0 fully saturated rings. The third-order valence-electron chi connectivity index (χ3n) is 4.29. The van der Waals surface area contributed by atoms with Gasteiger partial charge in [0, 0.05) is 49.1 Å². The van der Waals surface area contributed by atoms with Crippen LogP contribution in [0.1, 0.15) is 30.2 Å². The Balaban J connectivity index is 2.15. The summed E-state index contributed by atoms with van der Waals surface area (Å²) in [5.74, 6) is 0.264. The summed E-state index contributed by atoms with van der Waals surface area (Å²) in [6.45, 7) is 6.75. The Morgan fingerprint density at radius 2 is 2.15 bits per heavy atom. The van der Waals surface area contributed by atoms with E-state index in [1.165, 1.54) is 27.7 Å². The van der Waals surface area contributed by atoms with Gasteiger partial charge in [0.1, 0.15) is 5.78 Å². The van der Waals surface area contributed by atoms with Crippen LogP contribution in [0.5, 0.6) is 0 Å². The standard InChI is InChI=1S/C17H22N2O/c1-12-4-5-16-14(10-12)15-11-18(3)8-7-17(15)19(16)9-6-13(2)20/h4-5,10H,6-9,11H2,1-3H3. The Morgan fingerprint density at radius 3 is 2.90 bits per heavy atom. The van der Waals surface area contributed by atoms with E-state index in [0.29, 0.717) is 6.42 Å². The van der Waals surface area contributed by atoms with Crippen LogP contribution in [0.2, 0.25) is 0 Å². The minimum atomic E-state index is 0.264. The van der Waals surface area contributed by atoms with E-state index < -0.39 is 0 Å². The Hall–Kier alpha value is -1.61. The molecule has 1 aliphatic rings. The van der Waals surface area contributed by atoms with E-state index in [1.54, 1.807) is 6.92 Å². The van der Waals surface area contributed by atoms with Crippen LogP contribution in [0.3, 0.4) is 0 Å². The first-order valence-corrected chi connectivity index (χ1v) is 7.35. The minimum absolute atomic E-state index is 0.264. The topological polar surface area (TPSA) is 25.2 Å². The van der Waals surface area contributed by atoms with Crippen molar-refractivity contribution in [2.24, 2.45) is 0 Å². The quantitative estimate of drug-likeness (QED) is 0.857. The molecule has 0 spiro atoms. The molecular formula is C17H22N2O. The summed E-state index contributed by atoms with van der Waals surface area (Å²) in [6.07, 6.45) is 1.71. The molecule has 3 nitrogen and oxygen atoms in total. The van der Waals surface area contributed by atoms with Gasteiger partial charge in [-0.15, -0.1) is 0 Å². The molecule has 0 N–H and O–H groups in total. The normalized spacial score (nSPS) is 15.6. The first kappa shape index (κ1) is 13.4. The van der Waals surface area contributed by atoms with Gasteiger partial charge in [-0.25, -0.2) is 0 Å². The van der Waals surface area contributed by atoms with E-state index in [2.05, 4.69) is 41.6 Å². The van der Waals surface area contributed by atoms with Crippen molar-refractivity contribution in [2.75, 3.05) is 13.6 Å². The molecule has 1 aromatic heterocycles. The summed E-state index contributed by atoms with van der Waals surface area (Å²) in [4.78, 5) is 13.7. The minimum Gasteiger partial charge on any atom is -0.344 e. The zero-order valence-electron chi connectivity index (χ0n) is 12.6. The number of aromatic nitrogens is 1. The highest BCUT2D eigenvalue weighted by molar-refractivity contribution is 5.86. The number of hydrogen-bond donors (Lipinski definition) is 0. The van der Waals surface area contributed by atoms with Gasteiger partial charge in [0.05, 0.1) is 0 Å². The maximum atomic E-state index is 11.3. The number of rotatable bonds is 3. The first-order valence-electron chi connectivity index (χ1n) is 7.35. The maximum absolute atomic E-state index is 11.3. The lowest BCUT2D eigenvalue weighted by atomic mass is 10.0. The fraction of sp³-hybridized carbons (Fsp3) is 0.471. The van der Waals surface area contributed by atoms with E-state index in [4.69, 9.17) is 0 Å². The summed E-state index contributed by atoms with van der Waals surface area (Å²) in [6, 6.07) is 6.67. The lowest BCUT2D eigenvalue weighted by molar-refractivity contribution is -0.117. The summed E-state index contributed by atoms with van der Waals surface area (Å²) < 4.78 is 2.37. The van der Waals surface area contributed by atoms with Crippen molar-refractivity contribution in [3.05, 3.63) is 35.0 Å². The van der Waals surface area contributed by atoms with Crippen LogP contribution in [-0.2, 0) is 24.3 Å². The molecule has 1 aliphatic heterocycles. The van der Waals surface area contributed by atoms with Crippen molar-refractivity contribution in [1.82, 2.24) is 9.47 Å². The highest BCUT2D eigenvalue weighted by Crippen LogP contribution is 2.31. The number of carbonyl (C=O) groups excluding carboxylic acids is 1. The predicted molar refractivity (Wildman–Crippen MR) is 82.0 cm³/mol. The lowest BCUT2D eigenvalue weighted by Gasteiger charge is -2.24. The SMILES string of the molecule is CC(=O)CCn1c2c(c3cc(C)ccc31)CN(C)CC2. The molecule has 1 aromatic carbocycles. The Kier molecular flexibility index (Phi) is 3.38. The number of ketones is 1. The molecule has 0 saturated carbocycles. The average molecular weight is 270 g/mol. The van der Waals surface area contributed by atoms with Gasteiger partial charge in [-0.05, 0) is 38.6 Å². The number of aryl methyl sites for hydroxylation is 2. The predicted octanol–water partition coefficient (Wildman–Crippen LogP) is 2.92. The second-order valence-electron chi connectivity index (χ2n) is 6.04. The third kappa shape index (κ3) is 2.27. The highest BCUT2D eigenvalue weighted by Gasteiger charge is 2.22. The zero-order chi connectivity index (χ0) is 14.3. The molecule has 3 heteroatoms. The van der Waals surface area contributed by atoms with Gasteiger partial charge in [-0.3, -0.25) is 4.79 Å². The fourth-order valence-corrected chi connectivity index (χ4v) is 3.22. The second kappa shape index (κ2) is 5.06. The molecule has 2 aromatic rings. The van der Waals surface area contributed by atoms with Crippen LogP contribution < -0.4 is 0 Å². The Bertz CT molecular complexity index is 669. The second-order valence-corrected chi connectivity index (χ2v) is 6.04. The largest absolute Gasteiger partial charge is 0.344 e. The van der Waals surface area contributed by atoms with Crippen LogP contribution in [-0.4, -0.2) is 28.8 Å². The summed E-state index contributed by atoms with van der Waals surface area (Å²) >= 11 is 0. The van der Waals surface area contributed by atoms with Crippen LogP contribution in [0.15, 0.2) is 18.2 Å². The van der Waals surface area contributed by atoms with E-state index in [0.717, 1.165) is 26.1 Å².